The average molecular weight is 411 g/mol. The van der Waals surface area contributed by atoms with Gasteiger partial charge < -0.3 is 0 Å². The van der Waals surface area contributed by atoms with Crippen LogP contribution in [-0.4, -0.2) is 21.0 Å². The van der Waals surface area contributed by atoms with Gasteiger partial charge in [0.2, 0.25) is 0 Å². The third-order valence-corrected chi connectivity index (χ3v) is 15.1. The van der Waals surface area contributed by atoms with Crippen LogP contribution in [0.2, 0.25) is 0 Å². The monoisotopic (exact) mass is 410 g/mol. The predicted molar refractivity (Wildman–Crippen MR) is 119 cm³/mol. The lowest BCUT2D eigenvalue weighted by Gasteiger charge is -2.55. The molecule has 5 rings (SSSR count). The van der Waals surface area contributed by atoms with Crippen LogP contribution in [0.1, 0.15) is 39.0 Å². The first-order valence-corrected chi connectivity index (χ1v) is 14.6. The second-order valence-corrected chi connectivity index (χ2v) is 14.4. The fraction of sp³-hybridized carbons (Fsp3) is 0.810. The minimum Gasteiger partial charge on any atom is -0.103 e. The summed E-state index contributed by atoms with van der Waals surface area (Å²) in [7, 11) is 9.19. The molecule has 0 amide bonds. The van der Waals surface area contributed by atoms with Crippen molar-refractivity contribution in [1.82, 2.24) is 0 Å². The number of allylic oxidation sites excluding steroid dienone is 2. The number of hydrogen-bond donors (Lipinski definition) is 0. The summed E-state index contributed by atoms with van der Waals surface area (Å²) in [4.78, 5) is 0. The van der Waals surface area contributed by atoms with E-state index in [0.29, 0.717) is 0 Å². The zero-order chi connectivity index (χ0) is 17.1. The van der Waals surface area contributed by atoms with Crippen molar-refractivity contribution in [3.63, 3.8) is 0 Å². The van der Waals surface area contributed by atoms with Crippen molar-refractivity contribution in [3.8, 4) is 0 Å². The Hall–Kier alpha value is 0.880. The van der Waals surface area contributed by atoms with Crippen LogP contribution in [0, 0.1) is 41.4 Å². The first-order chi connectivity index (χ1) is 12.2. The van der Waals surface area contributed by atoms with E-state index >= 15 is 0 Å². The first-order valence-electron chi connectivity index (χ1n) is 10.1. The number of rotatable bonds is 4. The Labute approximate surface area is 169 Å². The van der Waals surface area contributed by atoms with Gasteiger partial charge in [-0.2, -0.15) is 0 Å². The predicted octanol–water partition coefficient (Wildman–Crippen LogP) is 6.95. The zero-order valence-corrected chi connectivity index (χ0v) is 18.4. The summed E-state index contributed by atoms with van der Waals surface area (Å²) in [5, 5.41) is 3.80. The molecule has 3 aliphatic carbocycles. The summed E-state index contributed by atoms with van der Waals surface area (Å²) >= 11 is 0. The van der Waals surface area contributed by atoms with Gasteiger partial charge >= 0.3 is 0 Å². The Morgan fingerprint density at radius 3 is 1.96 bits per heavy atom. The SMILES string of the molecule is C=CCC1CC2C(CC1CC=C)C1SSC3C(C)CC4SSC2C4C31. The van der Waals surface area contributed by atoms with Gasteiger partial charge in [-0.1, -0.05) is 62.3 Å². The molecule has 2 heterocycles. The number of fused-ring (bicyclic) bond motifs is 3. The Balaban J connectivity index is 1.47. The molecule has 3 saturated carbocycles. The second kappa shape index (κ2) is 7.04. The Bertz CT molecular complexity index is 548. The van der Waals surface area contributed by atoms with Crippen LogP contribution < -0.4 is 0 Å². The lowest BCUT2D eigenvalue weighted by molar-refractivity contribution is 0.0245. The summed E-state index contributed by atoms with van der Waals surface area (Å²) in [5.41, 5.74) is 0. The van der Waals surface area contributed by atoms with Crippen LogP contribution in [0.15, 0.2) is 25.3 Å². The molecule has 4 heteroatoms. The largest absolute Gasteiger partial charge is 0.103 e. The molecule has 138 valence electrons. The van der Waals surface area contributed by atoms with Gasteiger partial charge in [0.25, 0.3) is 0 Å². The van der Waals surface area contributed by atoms with Crippen molar-refractivity contribution in [3.05, 3.63) is 25.3 Å². The van der Waals surface area contributed by atoms with E-state index in [1.807, 2.05) is 0 Å². The molecule has 0 aromatic rings. The molecule has 2 aliphatic heterocycles. The van der Waals surface area contributed by atoms with E-state index < -0.39 is 0 Å². The second-order valence-electron chi connectivity index (χ2n) is 9.05. The molecule has 5 fully saturated rings. The third-order valence-electron chi connectivity index (χ3n) is 7.89. The fourth-order valence-electron chi connectivity index (χ4n) is 6.90. The highest BCUT2D eigenvalue weighted by molar-refractivity contribution is 8.78. The van der Waals surface area contributed by atoms with Gasteiger partial charge in [-0.15, -0.1) is 13.2 Å². The normalized spacial score (nSPS) is 56.1. The minimum atomic E-state index is 0.855. The smallest absolute Gasteiger partial charge is 0.0225 e. The lowest BCUT2D eigenvalue weighted by Crippen LogP contribution is -2.57. The maximum Gasteiger partial charge on any atom is 0.0225 e. The van der Waals surface area contributed by atoms with Crippen LogP contribution in [0.25, 0.3) is 0 Å². The van der Waals surface area contributed by atoms with Crippen molar-refractivity contribution in [2.24, 2.45) is 41.4 Å². The maximum atomic E-state index is 4.07. The molecule has 0 radical (unpaired) electrons. The van der Waals surface area contributed by atoms with Crippen molar-refractivity contribution in [2.75, 3.05) is 0 Å². The van der Waals surface area contributed by atoms with Crippen LogP contribution in [0.5, 0.6) is 0 Å². The molecule has 0 aromatic heterocycles. The molecule has 0 aromatic carbocycles. The van der Waals surface area contributed by atoms with Gasteiger partial charge in [0.15, 0.2) is 0 Å². The minimum absolute atomic E-state index is 0.855. The molecule has 2 saturated heterocycles. The average Bonchev–Trinajstić information content (AvgIpc) is 3.20. The highest BCUT2D eigenvalue weighted by Gasteiger charge is 2.64. The molecule has 0 N–H and O–H groups in total. The number of hydrogen-bond acceptors (Lipinski definition) is 4. The summed E-state index contributed by atoms with van der Waals surface area (Å²) in [6.07, 6.45) is 11.2. The molecule has 11 atom stereocenters. The standard InChI is InChI=1S/C21H30S4/c1-4-6-12-9-14-15(10-13(12)7-5-2)21-18-17-16(22-24-20(14)17)8-11(3)19(18)23-25-21/h4-5,11-21H,1-2,6-10H2,3H3. The molecular formula is C21H30S4. The van der Waals surface area contributed by atoms with Gasteiger partial charge in [-0.05, 0) is 73.5 Å². The molecule has 0 bridgehead atoms. The molecular weight excluding hydrogens is 380 g/mol. The van der Waals surface area contributed by atoms with E-state index in [1.165, 1.54) is 32.1 Å². The van der Waals surface area contributed by atoms with Crippen LogP contribution in [-0.2, 0) is 0 Å². The molecule has 25 heavy (non-hydrogen) atoms. The van der Waals surface area contributed by atoms with E-state index in [4.69, 9.17) is 0 Å². The van der Waals surface area contributed by atoms with Crippen LogP contribution in [0.3, 0.4) is 0 Å². The highest BCUT2D eigenvalue weighted by atomic mass is 33.1. The van der Waals surface area contributed by atoms with E-state index in [1.54, 1.807) is 0 Å². The summed E-state index contributed by atoms with van der Waals surface area (Å²) in [5.74, 6) is 6.61. The van der Waals surface area contributed by atoms with E-state index in [-0.39, 0.29) is 0 Å². The Morgan fingerprint density at radius 2 is 1.32 bits per heavy atom. The maximum absolute atomic E-state index is 4.07. The molecule has 5 aliphatic rings. The summed E-state index contributed by atoms with van der Waals surface area (Å²) in [6.45, 7) is 10.7. The topological polar surface area (TPSA) is 0 Å². The van der Waals surface area contributed by atoms with E-state index in [2.05, 4.69) is 75.4 Å². The van der Waals surface area contributed by atoms with Crippen LogP contribution in [0.4, 0.5) is 0 Å². The van der Waals surface area contributed by atoms with E-state index in [9.17, 15) is 0 Å². The fourth-order valence-corrected chi connectivity index (χ4v) is 15.9. The Kier molecular flexibility index (Phi) is 5.06. The van der Waals surface area contributed by atoms with Crippen molar-refractivity contribution < 1.29 is 0 Å². The molecule has 0 spiro atoms. The molecule has 0 nitrogen and oxygen atoms in total. The van der Waals surface area contributed by atoms with Crippen molar-refractivity contribution in [2.45, 2.75) is 60.0 Å². The Morgan fingerprint density at radius 1 is 0.760 bits per heavy atom. The third kappa shape index (κ3) is 2.75. The van der Waals surface area contributed by atoms with Gasteiger partial charge in [0.1, 0.15) is 0 Å². The van der Waals surface area contributed by atoms with E-state index in [0.717, 1.165) is 62.4 Å². The van der Waals surface area contributed by atoms with Gasteiger partial charge in [0, 0.05) is 21.0 Å². The summed E-state index contributed by atoms with van der Waals surface area (Å²) < 4.78 is 0. The van der Waals surface area contributed by atoms with Gasteiger partial charge in [-0.3, -0.25) is 0 Å². The lowest BCUT2D eigenvalue weighted by atomic mass is 9.54. The van der Waals surface area contributed by atoms with Crippen molar-refractivity contribution in [1.29, 1.82) is 0 Å². The zero-order valence-electron chi connectivity index (χ0n) is 15.1. The molecule has 11 unspecified atom stereocenters. The van der Waals surface area contributed by atoms with Crippen LogP contribution >= 0.6 is 43.2 Å². The van der Waals surface area contributed by atoms with Gasteiger partial charge in [0.05, 0.1) is 0 Å². The highest BCUT2D eigenvalue weighted by Crippen LogP contribution is 2.72. The van der Waals surface area contributed by atoms with Crippen molar-refractivity contribution >= 4 is 43.2 Å². The summed E-state index contributed by atoms with van der Waals surface area (Å²) in [6, 6.07) is 0. The van der Waals surface area contributed by atoms with Gasteiger partial charge in [-0.25, -0.2) is 0 Å². The quantitative estimate of drug-likeness (QED) is 0.363. The first kappa shape index (κ1) is 17.9.